The molecule has 0 aliphatic heterocycles. The van der Waals surface area contributed by atoms with E-state index in [1.54, 1.807) is 31.2 Å². The molecule has 0 spiro atoms. The van der Waals surface area contributed by atoms with Crippen molar-refractivity contribution in [1.82, 2.24) is 5.32 Å². The molecule has 7 heteroatoms. The van der Waals surface area contributed by atoms with E-state index in [0.29, 0.717) is 12.3 Å². The zero-order valence-electron chi connectivity index (χ0n) is 11.7. The summed E-state index contributed by atoms with van der Waals surface area (Å²) < 4.78 is 4.98. The van der Waals surface area contributed by atoms with E-state index in [-0.39, 0.29) is 24.8 Å². The first kappa shape index (κ1) is 16.6. The van der Waals surface area contributed by atoms with Crippen LogP contribution in [0.2, 0.25) is 0 Å². The Morgan fingerprint density at radius 1 is 1.14 bits per heavy atom. The summed E-state index contributed by atoms with van der Waals surface area (Å²) in [5, 5.41) is 13.4. The summed E-state index contributed by atoms with van der Waals surface area (Å²) in [6, 6.07) is 6.72. The van der Waals surface area contributed by atoms with Crippen LogP contribution in [0.1, 0.15) is 12.5 Å². The number of carboxylic acid groups (broad SMARTS) is 1. The van der Waals surface area contributed by atoms with Gasteiger partial charge in [-0.3, -0.25) is 14.4 Å². The van der Waals surface area contributed by atoms with Gasteiger partial charge in [-0.25, -0.2) is 0 Å². The third-order valence-corrected chi connectivity index (χ3v) is 2.48. The van der Waals surface area contributed by atoms with Gasteiger partial charge in [-0.05, 0) is 24.6 Å². The highest BCUT2D eigenvalue weighted by Crippen LogP contribution is 2.10. The van der Waals surface area contributed by atoms with E-state index < -0.39 is 12.5 Å². The van der Waals surface area contributed by atoms with E-state index in [4.69, 9.17) is 9.84 Å². The van der Waals surface area contributed by atoms with Gasteiger partial charge < -0.3 is 20.5 Å². The third-order valence-electron chi connectivity index (χ3n) is 2.48. The second-order valence-electron chi connectivity index (χ2n) is 4.23. The van der Waals surface area contributed by atoms with Crippen LogP contribution in [0.5, 0.6) is 0 Å². The summed E-state index contributed by atoms with van der Waals surface area (Å²) in [5.74, 6) is -1.70. The van der Waals surface area contributed by atoms with Crippen LogP contribution in [0.25, 0.3) is 0 Å². The molecule has 1 aromatic rings. The number of rotatable bonds is 8. The molecule has 0 bridgehead atoms. The van der Waals surface area contributed by atoms with Gasteiger partial charge in [-0.2, -0.15) is 0 Å². The lowest BCUT2D eigenvalue weighted by atomic mass is 10.1. The molecule has 2 amide bonds. The highest BCUT2D eigenvalue weighted by molar-refractivity contribution is 5.91. The molecule has 1 rings (SSSR count). The van der Waals surface area contributed by atoms with E-state index in [1.807, 2.05) is 0 Å². The molecule has 0 atom stereocenters. The summed E-state index contributed by atoms with van der Waals surface area (Å²) in [5.41, 5.74) is 1.33. The molecular formula is C14H18N2O5. The minimum atomic E-state index is -1.09. The molecule has 0 radical (unpaired) electrons. The Balaban J connectivity index is 2.44. The monoisotopic (exact) mass is 294 g/mol. The first-order chi connectivity index (χ1) is 10.0. The molecule has 0 saturated carbocycles. The Morgan fingerprint density at radius 3 is 2.38 bits per heavy atom. The number of carbonyl (C=O) groups excluding carboxylic acids is 2. The minimum Gasteiger partial charge on any atom is -0.480 e. The maximum absolute atomic E-state index is 11.4. The average molecular weight is 294 g/mol. The van der Waals surface area contributed by atoms with E-state index in [9.17, 15) is 14.4 Å². The number of ether oxygens (including phenoxy) is 1. The quantitative estimate of drug-likeness (QED) is 0.644. The Hall–Kier alpha value is -2.41. The van der Waals surface area contributed by atoms with Crippen molar-refractivity contribution in [1.29, 1.82) is 0 Å². The maximum atomic E-state index is 11.4. The maximum Gasteiger partial charge on any atom is 0.322 e. The van der Waals surface area contributed by atoms with E-state index >= 15 is 0 Å². The lowest BCUT2D eigenvalue weighted by Gasteiger charge is -2.07. The fourth-order valence-corrected chi connectivity index (χ4v) is 1.52. The normalized spacial score (nSPS) is 9.95. The van der Waals surface area contributed by atoms with Gasteiger partial charge in [0.2, 0.25) is 11.8 Å². The van der Waals surface area contributed by atoms with E-state index in [1.165, 1.54) is 0 Å². The van der Waals surface area contributed by atoms with E-state index in [0.717, 1.165) is 5.56 Å². The number of aliphatic carboxylic acids is 1. The largest absolute Gasteiger partial charge is 0.480 e. The van der Waals surface area contributed by atoms with Crippen LogP contribution in [-0.4, -0.2) is 42.6 Å². The van der Waals surface area contributed by atoms with Crippen molar-refractivity contribution in [3.8, 4) is 0 Å². The first-order valence-electron chi connectivity index (χ1n) is 6.46. The van der Waals surface area contributed by atoms with Crippen molar-refractivity contribution < 1.29 is 24.2 Å². The fourth-order valence-electron chi connectivity index (χ4n) is 1.52. The molecule has 21 heavy (non-hydrogen) atoms. The zero-order chi connectivity index (χ0) is 15.7. The number of amides is 2. The number of benzene rings is 1. The number of carboxylic acids is 1. The molecule has 0 aliphatic rings. The van der Waals surface area contributed by atoms with Crippen molar-refractivity contribution in [2.75, 3.05) is 25.1 Å². The van der Waals surface area contributed by atoms with Gasteiger partial charge in [-0.15, -0.1) is 0 Å². The van der Waals surface area contributed by atoms with Gasteiger partial charge in [0.15, 0.2) is 0 Å². The van der Waals surface area contributed by atoms with Crippen molar-refractivity contribution in [3.05, 3.63) is 29.8 Å². The predicted molar refractivity (Wildman–Crippen MR) is 75.9 cm³/mol. The molecule has 0 fully saturated rings. The number of hydrogen-bond donors (Lipinski definition) is 3. The molecule has 0 unspecified atom stereocenters. The highest BCUT2D eigenvalue weighted by Gasteiger charge is 2.06. The van der Waals surface area contributed by atoms with Crippen LogP contribution in [0.4, 0.5) is 5.69 Å². The van der Waals surface area contributed by atoms with Crippen molar-refractivity contribution >= 4 is 23.5 Å². The Bertz CT molecular complexity index is 499. The van der Waals surface area contributed by atoms with Crippen LogP contribution in [0, 0.1) is 0 Å². The number of nitrogens with one attached hydrogen (secondary N) is 2. The van der Waals surface area contributed by atoms with Gasteiger partial charge in [0.25, 0.3) is 0 Å². The van der Waals surface area contributed by atoms with Gasteiger partial charge in [0.05, 0.1) is 6.42 Å². The lowest BCUT2D eigenvalue weighted by molar-refractivity contribution is -0.137. The van der Waals surface area contributed by atoms with Crippen LogP contribution in [0.3, 0.4) is 0 Å². The fraction of sp³-hybridized carbons (Fsp3) is 0.357. The molecule has 0 heterocycles. The Labute approximate surface area is 122 Å². The lowest BCUT2D eigenvalue weighted by Crippen LogP contribution is -2.30. The van der Waals surface area contributed by atoms with Gasteiger partial charge in [0, 0.05) is 12.3 Å². The summed E-state index contributed by atoms with van der Waals surface area (Å²) in [7, 11) is 0. The Morgan fingerprint density at radius 2 is 1.81 bits per heavy atom. The SMILES string of the molecule is CCOCC(=O)Nc1ccc(CC(=O)NCC(=O)O)cc1. The summed E-state index contributed by atoms with van der Waals surface area (Å²) in [4.78, 5) is 33.2. The highest BCUT2D eigenvalue weighted by atomic mass is 16.5. The average Bonchev–Trinajstić information content (AvgIpc) is 2.45. The van der Waals surface area contributed by atoms with Crippen LogP contribution < -0.4 is 10.6 Å². The second kappa shape index (κ2) is 8.70. The predicted octanol–water partition coefficient (Wildman–Crippen LogP) is 0.405. The van der Waals surface area contributed by atoms with E-state index in [2.05, 4.69) is 10.6 Å². The van der Waals surface area contributed by atoms with Crippen LogP contribution in [0.15, 0.2) is 24.3 Å². The molecule has 0 aromatic heterocycles. The molecule has 114 valence electrons. The van der Waals surface area contributed by atoms with Crippen LogP contribution >= 0.6 is 0 Å². The van der Waals surface area contributed by atoms with Crippen molar-refractivity contribution in [2.45, 2.75) is 13.3 Å². The summed E-state index contributed by atoms with van der Waals surface area (Å²) >= 11 is 0. The summed E-state index contributed by atoms with van der Waals surface area (Å²) in [6.07, 6.45) is 0.0838. The second-order valence-corrected chi connectivity index (χ2v) is 4.23. The molecular weight excluding hydrogens is 276 g/mol. The standard InChI is InChI=1S/C14H18N2O5/c1-2-21-9-13(18)16-11-5-3-10(4-6-11)7-12(17)15-8-14(19)20/h3-6H,2,7-9H2,1H3,(H,15,17)(H,16,18)(H,19,20). The third kappa shape index (κ3) is 7.07. The molecule has 3 N–H and O–H groups in total. The smallest absolute Gasteiger partial charge is 0.322 e. The number of hydrogen-bond acceptors (Lipinski definition) is 4. The van der Waals surface area contributed by atoms with Crippen molar-refractivity contribution in [3.63, 3.8) is 0 Å². The summed E-state index contributed by atoms with van der Waals surface area (Å²) in [6.45, 7) is 1.87. The Kier molecular flexibility index (Phi) is 6.90. The number of carbonyl (C=O) groups is 3. The molecule has 0 aliphatic carbocycles. The molecule has 7 nitrogen and oxygen atoms in total. The zero-order valence-corrected chi connectivity index (χ0v) is 11.7. The van der Waals surface area contributed by atoms with Crippen LogP contribution in [-0.2, 0) is 25.5 Å². The topological polar surface area (TPSA) is 105 Å². The molecule has 0 saturated heterocycles. The van der Waals surface area contributed by atoms with Gasteiger partial charge in [-0.1, -0.05) is 12.1 Å². The first-order valence-corrected chi connectivity index (χ1v) is 6.46. The molecule has 1 aromatic carbocycles. The van der Waals surface area contributed by atoms with Gasteiger partial charge in [0.1, 0.15) is 13.2 Å². The van der Waals surface area contributed by atoms with Crippen molar-refractivity contribution in [2.24, 2.45) is 0 Å². The minimum absolute atomic E-state index is 0.00412. The number of anilines is 1. The van der Waals surface area contributed by atoms with Gasteiger partial charge >= 0.3 is 5.97 Å².